The van der Waals surface area contributed by atoms with Gasteiger partial charge in [0.05, 0.1) is 12.3 Å². The van der Waals surface area contributed by atoms with Crippen LogP contribution in [-0.2, 0) is 24.4 Å². The Morgan fingerprint density at radius 2 is 2.29 bits per heavy atom. The summed E-state index contributed by atoms with van der Waals surface area (Å²) in [5.41, 5.74) is 1.21. The first-order valence-corrected chi connectivity index (χ1v) is 8.40. The third kappa shape index (κ3) is 3.27. The first-order valence-electron chi connectivity index (χ1n) is 8.40. The topological polar surface area (TPSA) is 52.4 Å². The third-order valence-electron chi connectivity index (χ3n) is 4.56. The SMILES string of the molecule is Fc1cccnc1OC1CCCN(Cc2cnc3n2CCOC3)C1. The second-order valence-corrected chi connectivity index (χ2v) is 6.28. The average molecular weight is 332 g/mol. The van der Waals surface area contributed by atoms with Crippen molar-refractivity contribution in [3.05, 3.63) is 41.9 Å². The van der Waals surface area contributed by atoms with Gasteiger partial charge in [-0.15, -0.1) is 0 Å². The summed E-state index contributed by atoms with van der Waals surface area (Å²) in [5, 5.41) is 0. The molecule has 2 aromatic heterocycles. The molecule has 0 N–H and O–H groups in total. The van der Waals surface area contributed by atoms with Crippen LogP contribution in [0.25, 0.3) is 0 Å². The van der Waals surface area contributed by atoms with E-state index in [4.69, 9.17) is 9.47 Å². The Balaban J connectivity index is 1.40. The van der Waals surface area contributed by atoms with Gasteiger partial charge in [0.2, 0.25) is 0 Å². The highest BCUT2D eigenvalue weighted by Crippen LogP contribution is 2.21. The lowest BCUT2D eigenvalue weighted by atomic mass is 10.1. The first-order chi connectivity index (χ1) is 11.8. The average Bonchev–Trinajstić information content (AvgIpc) is 3.01. The highest BCUT2D eigenvalue weighted by Gasteiger charge is 2.24. The van der Waals surface area contributed by atoms with Crippen molar-refractivity contribution in [2.75, 3.05) is 19.7 Å². The van der Waals surface area contributed by atoms with Crippen molar-refractivity contribution in [1.82, 2.24) is 19.4 Å². The van der Waals surface area contributed by atoms with Gasteiger partial charge in [-0.1, -0.05) is 0 Å². The molecule has 7 heteroatoms. The fraction of sp³-hybridized carbons (Fsp3) is 0.529. The van der Waals surface area contributed by atoms with E-state index in [1.54, 1.807) is 12.3 Å². The van der Waals surface area contributed by atoms with E-state index in [1.165, 1.54) is 11.8 Å². The first kappa shape index (κ1) is 15.5. The molecule has 24 heavy (non-hydrogen) atoms. The van der Waals surface area contributed by atoms with Gasteiger partial charge in [0.1, 0.15) is 18.5 Å². The fourth-order valence-corrected chi connectivity index (χ4v) is 3.39. The van der Waals surface area contributed by atoms with E-state index < -0.39 is 5.82 Å². The number of rotatable bonds is 4. The molecule has 1 saturated heterocycles. The number of fused-ring (bicyclic) bond motifs is 1. The Morgan fingerprint density at radius 3 is 3.21 bits per heavy atom. The Morgan fingerprint density at radius 1 is 1.33 bits per heavy atom. The molecular formula is C17H21FN4O2. The highest BCUT2D eigenvalue weighted by atomic mass is 19.1. The standard InChI is InChI=1S/C17H21FN4O2/c18-15-4-1-5-19-17(15)24-14-3-2-6-21(11-14)10-13-9-20-16-12-23-8-7-22(13)16/h1,4-5,9,14H,2-3,6-8,10-12H2. The van der Waals surface area contributed by atoms with Gasteiger partial charge in [-0.05, 0) is 31.5 Å². The summed E-state index contributed by atoms with van der Waals surface area (Å²) >= 11 is 0. The number of imidazole rings is 1. The minimum absolute atomic E-state index is 0.0322. The molecule has 6 nitrogen and oxygen atoms in total. The summed E-state index contributed by atoms with van der Waals surface area (Å²) in [6.45, 7) is 4.80. The van der Waals surface area contributed by atoms with Crippen LogP contribution in [0.4, 0.5) is 4.39 Å². The van der Waals surface area contributed by atoms with E-state index in [1.807, 2.05) is 6.20 Å². The van der Waals surface area contributed by atoms with E-state index >= 15 is 0 Å². The van der Waals surface area contributed by atoms with Crippen LogP contribution in [0.1, 0.15) is 24.4 Å². The summed E-state index contributed by atoms with van der Waals surface area (Å²) in [6, 6.07) is 2.95. The van der Waals surface area contributed by atoms with Crippen molar-refractivity contribution in [2.24, 2.45) is 0 Å². The zero-order chi connectivity index (χ0) is 16.4. The van der Waals surface area contributed by atoms with Gasteiger partial charge in [0, 0.05) is 32.0 Å². The van der Waals surface area contributed by atoms with E-state index in [9.17, 15) is 4.39 Å². The molecule has 2 aromatic rings. The Bertz CT molecular complexity index is 706. The minimum Gasteiger partial charge on any atom is -0.471 e. The minimum atomic E-state index is -0.403. The van der Waals surface area contributed by atoms with E-state index in [2.05, 4.69) is 19.4 Å². The van der Waals surface area contributed by atoms with Crippen LogP contribution in [0.3, 0.4) is 0 Å². The lowest BCUT2D eigenvalue weighted by Crippen LogP contribution is -2.41. The predicted molar refractivity (Wildman–Crippen MR) is 85.0 cm³/mol. The highest BCUT2D eigenvalue weighted by molar-refractivity contribution is 5.13. The summed E-state index contributed by atoms with van der Waals surface area (Å²) in [4.78, 5) is 10.8. The zero-order valence-electron chi connectivity index (χ0n) is 13.5. The number of nitrogens with zero attached hydrogens (tertiary/aromatic N) is 4. The van der Waals surface area contributed by atoms with Gasteiger partial charge in [-0.3, -0.25) is 4.90 Å². The van der Waals surface area contributed by atoms with E-state index in [-0.39, 0.29) is 12.0 Å². The molecule has 4 heterocycles. The Hall–Kier alpha value is -1.99. The normalized spacial score (nSPS) is 21.5. The molecule has 0 radical (unpaired) electrons. The van der Waals surface area contributed by atoms with E-state index in [0.29, 0.717) is 6.61 Å². The summed E-state index contributed by atoms with van der Waals surface area (Å²) < 4.78 is 27.2. The van der Waals surface area contributed by atoms with Crippen LogP contribution in [0, 0.1) is 5.82 Å². The molecule has 1 unspecified atom stereocenters. The van der Waals surface area contributed by atoms with Crippen LogP contribution < -0.4 is 4.74 Å². The molecule has 2 aliphatic heterocycles. The van der Waals surface area contributed by atoms with Crippen molar-refractivity contribution in [3.63, 3.8) is 0 Å². The Labute approximate surface area is 140 Å². The number of likely N-dealkylation sites (tertiary alicyclic amines) is 1. The molecule has 0 bridgehead atoms. The number of hydrogen-bond donors (Lipinski definition) is 0. The number of hydrogen-bond acceptors (Lipinski definition) is 5. The number of piperidine rings is 1. The molecule has 1 atom stereocenters. The van der Waals surface area contributed by atoms with E-state index in [0.717, 1.165) is 51.5 Å². The van der Waals surface area contributed by atoms with Crippen molar-refractivity contribution in [2.45, 2.75) is 38.6 Å². The van der Waals surface area contributed by atoms with Crippen molar-refractivity contribution < 1.29 is 13.9 Å². The third-order valence-corrected chi connectivity index (χ3v) is 4.56. The molecule has 1 fully saturated rings. The summed E-state index contributed by atoms with van der Waals surface area (Å²) in [5.74, 6) is 0.694. The summed E-state index contributed by atoms with van der Waals surface area (Å²) in [6.07, 6.45) is 5.41. The lowest BCUT2D eigenvalue weighted by Gasteiger charge is -2.32. The van der Waals surface area contributed by atoms with Gasteiger partial charge < -0.3 is 14.0 Å². The van der Waals surface area contributed by atoms with Crippen molar-refractivity contribution >= 4 is 0 Å². The zero-order valence-corrected chi connectivity index (χ0v) is 13.5. The molecule has 128 valence electrons. The predicted octanol–water partition coefficient (Wildman–Crippen LogP) is 1.99. The molecule has 0 saturated carbocycles. The smallest absolute Gasteiger partial charge is 0.250 e. The fourth-order valence-electron chi connectivity index (χ4n) is 3.39. The largest absolute Gasteiger partial charge is 0.471 e. The maximum Gasteiger partial charge on any atom is 0.250 e. The van der Waals surface area contributed by atoms with Gasteiger partial charge in [-0.2, -0.15) is 0 Å². The number of halogens is 1. The second kappa shape index (κ2) is 6.86. The number of ether oxygens (including phenoxy) is 2. The van der Waals surface area contributed by atoms with Crippen molar-refractivity contribution in [3.8, 4) is 5.88 Å². The number of aromatic nitrogens is 3. The maximum atomic E-state index is 13.7. The maximum absolute atomic E-state index is 13.7. The molecular weight excluding hydrogens is 311 g/mol. The van der Waals surface area contributed by atoms with Gasteiger partial charge >= 0.3 is 0 Å². The molecule has 4 rings (SSSR count). The Kier molecular flexibility index (Phi) is 4.44. The summed E-state index contributed by atoms with van der Waals surface area (Å²) in [7, 11) is 0. The molecule has 0 aliphatic carbocycles. The monoisotopic (exact) mass is 332 g/mol. The van der Waals surface area contributed by atoms with Gasteiger partial charge in [-0.25, -0.2) is 14.4 Å². The molecule has 0 aromatic carbocycles. The molecule has 0 amide bonds. The van der Waals surface area contributed by atoms with Crippen LogP contribution in [0.2, 0.25) is 0 Å². The van der Waals surface area contributed by atoms with Gasteiger partial charge in [0.15, 0.2) is 5.82 Å². The molecule has 2 aliphatic rings. The number of pyridine rings is 1. The quantitative estimate of drug-likeness (QED) is 0.857. The van der Waals surface area contributed by atoms with Crippen LogP contribution >= 0.6 is 0 Å². The van der Waals surface area contributed by atoms with Crippen molar-refractivity contribution in [1.29, 1.82) is 0 Å². The van der Waals surface area contributed by atoms with Gasteiger partial charge in [0.25, 0.3) is 5.88 Å². The second-order valence-electron chi connectivity index (χ2n) is 6.28. The lowest BCUT2D eigenvalue weighted by molar-refractivity contribution is 0.0688. The van der Waals surface area contributed by atoms with Crippen LogP contribution in [-0.4, -0.2) is 45.2 Å². The van der Waals surface area contributed by atoms with Crippen LogP contribution in [0.15, 0.2) is 24.5 Å². The van der Waals surface area contributed by atoms with Crippen LogP contribution in [0.5, 0.6) is 5.88 Å². The molecule has 0 spiro atoms.